The summed E-state index contributed by atoms with van der Waals surface area (Å²) in [7, 11) is 1.44. The third-order valence-corrected chi connectivity index (χ3v) is 4.77. The van der Waals surface area contributed by atoms with Gasteiger partial charge in [0.25, 0.3) is 0 Å². The van der Waals surface area contributed by atoms with Crippen molar-refractivity contribution in [3.05, 3.63) is 53.6 Å². The molecule has 1 amide bonds. The minimum Gasteiger partial charge on any atom is -0.504 e. The summed E-state index contributed by atoms with van der Waals surface area (Å²) in [5.74, 6) is -0.496. The molecule has 0 heterocycles. The number of nitrogens with zero attached hydrogens (tertiary/aromatic N) is 1. The molecule has 0 unspecified atom stereocenters. The molecule has 0 aliphatic heterocycles. The SMILES string of the molecule is COc1ccc([C@H](OC(=O)Nc2ccc(C#N)cc2)[C@H](C)CCOC(=O)CS)cc1O. The number of anilines is 1. The molecule has 0 spiro atoms. The topological polar surface area (TPSA) is 118 Å². The van der Waals surface area contributed by atoms with Crippen LogP contribution < -0.4 is 10.1 Å². The number of ether oxygens (including phenoxy) is 3. The molecule has 0 aliphatic carbocycles. The molecular formula is C22H24N2O6S. The molecule has 2 rings (SSSR count). The fourth-order valence-electron chi connectivity index (χ4n) is 2.84. The van der Waals surface area contributed by atoms with Crippen LogP contribution in [-0.4, -0.2) is 36.6 Å². The number of amides is 1. The zero-order chi connectivity index (χ0) is 22.8. The predicted molar refractivity (Wildman–Crippen MR) is 117 cm³/mol. The van der Waals surface area contributed by atoms with Crippen molar-refractivity contribution in [3.8, 4) is 17.6 Å². The first-order valence-corrected chi connectivity index (χ1v) is 10.1. The third-order valence-electron chi connectivity index (χ3n) is 4.51. The molecule has 164 valence electrons. The molecular weight excluding hydrogens is 420 g/mol. The van der Waals surface area contributed by atoms with Crippen LogP contribution in [0.3, 0.4) is 0 Å². The van der Waals surface area contributed by atoms with Gasteiger partial charge in [-0.2, -0.15) is 17.9 Å². The van der Waals surface area contributed by atoms with Crippen molar-refractivity contribution in [1.82, 2.24) is 0 Å². The molecule has 2 N–H and O–H groups in total. The van der Waals surface area contributed by atoms with Gasteiger partial charge in [-0.15, -0.1) is 0 Å². The van der Waals surface area contributed by atoms with Crippen molar-refractivity contribution in [3.63, 3.8) is 0 Å². The number of nitriles is 1. The van der Waals surface area contributed by atoms with Gasteiger partial charge in [0, 0.05) is 11.6 Å². The number of phenolic OH excluding ortho intramolecular Hbond substituents is 1. The van der Waals surface area contributed by atoms with Gasteiger partial charge < -0.3 is 19.3 Å². The van der Waals surface area contributed by atoms with Crippen LogP contribution in [0.5, 0.6) is 11.5 Å². The first kappa shape index (κ1) is 23.9. The van der Waals surface area contributed by atoms with E-state index in [9.17, 15) is 14.7 Å². The van der Waals surface area contributed by atoms with Gasteiger partial charge in [0.1, 0.15) is 6.10 Å². The summed E-state index contributed by atoms with van der Waals surface area (Å²) in [6.07, 6.45) is -1.02. The number of thiol groups is 1. The van der Waals surface area contributed by atoms with Crippen molar-refractivity contribution < 1.29 is 28.9 Å². The van der Waals surface area contributed by atoms with E-state index in [4.69, 9.17) is 19.5 Å². The Morgan fingerprint density at radius 3 is 2.52 bits per heavy atom. The van der Waals surface area contributed by atoms with E-state index in [-0.39, 0.29) is 24.0 Å². The highest BCUT2D eigenvalue weighted by molar-refractivity contribution is 7.81. The van der Waals surface area contributed by atoms with E-state index >= 15 is 0 Å². The Bertz CT molecular complexity index is 942. The van der Waals surface area contributed by atoms with Crippen LogP contribution in [0, 0.1) is 17.2 Å². The van der Waals surface area contributed by atoms with Crippen molar-refractivity contribution in [2.75, 3.05) is 24.8 Å². The predicted octanol–water partition coefficient (Wildman–Crippen LogP) is 4.06. The summed E-state index contributed by atoms with van der Waals surface area (Å²) in [6, 6.07) is 13.1. The summed E-state index contributed by atoms with van der Waals surface area (Å²) >= 11 is 3.86. The van der Waals surface area contributed by atoms with Crippen LogP contribution in [0.4, 0.5) is 10.5 Å². The number of benzene rings is 2. The monoisotopic (exact) mass is 444 g/mol. The van der Waals surface area contributed by atoms with Gasteiger partial charge in [-0.25, -0.2) is 4.79 Å². The van der Waals surface area contributed by atoms with E-state index in [0.717, 1.165) is 0 Å². The number of esters is 1. The number of carbonyl (C=O) groups is 2. The molecule has 0 fully saturated rings. The zero-order valence-electron chi connectivity index (χ0n) is 17.2. The second-order valence-electron chi connectivity index (χ2n) is 6.72. The zero-order valence-corrected chi connectivity index (χ0v) is 18.1. The molecule has 0 aliphatic rings. The average molecular weight is 445 g/mol. The number of phenols is 1. The number of rotatable bonds is 9. The smallest absolute Gasteiger partial charge is 0.412 e. The second kappa shape index (κ2) is 11.7. The number of methoxy groups -OCH3 is 1. The maximum absolute atomic E-state index is 12.5. The van der Waals surface area contributed by atoms with Crippen molar-refractivity contribution in [1.29, 1.82) is 5.26 Å². The fourth-order valence-corrected chi connectivity index (χ4v) is 2.93. The molecule has 2 aromatic carbocycles. The van der Waals surface area contributed by atoms with Crippen LogP contribution in [0.1, 0.15) is 30.6 Å². The number of nitrogens with one attached hydrogen (secondary N) is 1. The molecule has 8 nitrogen and oxygen atoms in total. The van der Waals surface area contributed by atoms with E-state index in [1.807, 2.05) is 13.0 Å². The van der Waals surface area contributed by atoms with E-state index in [0.29, 0.717) is 29.0 Å². The molecule has 0 saturated heterocycles. The Labute approximate surface area is 186 Å². The van der Waals surface area contributed by atoms with Crippen molar-refractivity contribution in [2.24, 2.45) is 5.92 Å². The maximum Gasteiger partial charge on any atom is 0.412 e. The molecule has 0 bridgehead atoms. The fraction of sp³-hybridized carbons (Fsp3) is 0.318. The second-order valence-corrected chi connectivity index (χ2v) is 7.03. The lowest BCUT2D eigenvalue weighted by atomic mass is 9.94. The summed E-state index contributed by atoms with van der Waals surface area (Å²) in [5, 5.41) is 21.6. The number of hydrogen-bond acceptors (Lipinski definition) is 8. The van der Waals surface area contributed by atoms with E-state index in [2.05, 4.69) is 17.9 Å². The molecule has 0 aromatic heterocycles. The summed E-state index contributed by atoms with van der Waals surface area (Å²) in [5.41, 5.74) is 1.49. The van der Waals surface area contributed by atoms with Crippen molar-refractivity contribution in [2.45, 2.75) is 19.4 Å². The summed E-state index contributed by atoms with van der Waals surface area (Å²) < 4.78 is 15.8. The van der Waals surface area contributed by atoms with Gasteiger partial charge >= 0.3 is 12.1 Å². The first-order chi connectivity index (χ1) is 14.9. The minimum absolute atomic E-state index is 0.0202. The number of aromatic hydroxyl groups is 1. The number of hydrogen-bond donors (Lipinski definition) is 3. The minimum atomic E-state index is -0.732. The van der Waals surface area contributed by atoms with Gasteiger partial charge in [0.05, 0.1) is 31.1 Å². The lowest BCUT2D eigenvalue weighted by Crippen LogP contribution is -2.23. The van der Waals surface area contributed by atoms with Gasteiger partial charge in [0.2, 0.25) is 0 Å². The van der Waals surface area contributed by atoms with Crippen LogP contribution in [0.25, 0.3) is 0 Å². The molecule has 31 heavy (non-hydrogen) atoms. The summed E-state index contributed by atoms with van der Waals surface area (Å²) in [4.78, 5) is 23.8. The Morgan fingerprint density at radius 2 is 1.94 bits per heavy atom. The van der Waals surface area contributed by atoms with Gasteiger partial charge in [-0.1, -0.05) is 13.0 Å². The molecule has 2 aromatic rings. The molecule has 2 atom stereocenters. The Kier molecular flexibility index (Phi) is 9.03. The van der Waals surface area contributed by atoms with Crippen LogP contribution in [-0.2, 0) is 14.3 Å². The molecule has 9 heteroatoms. The lowest BCUT2D eigenvalue weighted by Gasteiger charge is -2.25. The lowest BCUT2D eigenvalue weighted by molar-refractivity contribution is -0.141. The third kappa shape index (κ3) is 7.12. The molecule has 0 radical (unpaired) electrons. The highest BCUT2D eigenvalue weighted by atomic mass is 32.1. The highest BCUT2D eigenvalue weighted by Gasteiger charge is 2.25. The highest BCUT2D eigenvalue weighted by Crippen LogP contribution is 2.35. The van der Waals surface area contributed by atoms with Crippen LogP contribution in [0.15, 0.2) is 42.5 Å². The van der Waals surface area contributed by atoms with E-state index in [1.54, 1.807) is 36.4 Å². The van der Waals surface area contributed by atoms with Crippen molar-refractivity contribution >= 4 is 30.4 Å². The maximum atomic E-state index is 12.5. The Morgan fingerprint density at radius 1 is 1.23 bits per heavy atom. The average Bonchev–Trinajstić information content (AvgIpc) is 2.77. The standard InChI is InChI=1S/C22H24N2O6S/c1-14(9-10-29-20(26)13-31)21(16-5-8-19(28-2)18(25)11-16)30-22(27)24-17-6-3-15(12-23)4-7-17/h3-8,11,14,21,25,31H,9-10,13H2,1-2H3,(H,24,27)/t14-,21-/m1/s1. The normalized spacial score (nSPS) is 12.2. The largest absolute Gasteiger partial charge is 0.504 e. The van der Waals surface area contributed by atoms with Gasteiger partial charge in [-0.05, 0) is 48.4 Å². The molecule has 0 saturated carbocycles. The van der Waals surface area contributed by atoms with Gasteiger partial charge in [-0.3, -0.25) is 10.1 Å². The first-order valence-electron chi connectivity index (χ1n) is 9.49. The van der Waals surface area contributed by atoms with E-state index in [1.165, 1.54) is 13.2 Å². The summed E-state index contributed by atoms with van der Waals surface area (Å²) in [6.45, 7) is 1.98. The van der Waals surface area contributed by atoms with E-state index < -0.39 is 18.2 Å². The van der Waals surface area contributed by atoms with Crippen LogP contribution >= 0.6 is 12.6 Å². The van der Waals surface area contributed by atoms with Crippen LogP contribution in [0.2, 0.25) is 0 Å². The van der Waals surface area contributed by atoms with Gasteiger partial charge in [0.15, 0.2) is 11.5 Å². The Hall–Kier alpha value is -3.38. The Balaban J connectivity index is 2.15. The number of carbonyl (C=O) groups excluding carboxylic acids is 2. The quantitative estimate of drug-likeness (QED) is 0.394.